The van der Waals surface area contributed by atoms with Crippen LogP contribution in [0.4, 0.5) is 0 Å². The fourth-order valence-electron chi connectivity index (χ4n) is 1.95. The van der Waals surface area contributed by atoms with E-state index >= 15 is 0 Å². The van der Waals surface area contributed by atoms with Crippen LogP contribution in [-0.4, -0.2) is 9.59 Å². The second-order valence-electron chi connectivity index (χ2n) is 3.93. The first-order chi connectivity index (χ1) is 8.25. The van der Waals surface area contributed by atoms with E-state index in [9.17, 15) is 0 Å². The molecule has 0 atom stereocenters. The van der Waals surface area contributed by atoms with Crippen LogP contribution in [0.3, 0.4) is 0 Å². The van der Waals surface area contributed by atoms with Gasteiger partial charge in [0.25, 0.3) is 0 Å². The molecule has 0 aliphatic carbocycles. The van der Waals surface area contributed by atoms with Crippen molar-refractivity contribution in [2.24, 2.45) is 0 Å². The molecule has 0 radical (unpaired) electrons. The number of hydrogen-bond acceptors (Lipinski definition) is 3. The molecule has 0 saturated heterocycles. The third-order valence-corrected chi connectivity index (χ3v) is 4.07. The second-order valence-corrected chi connectivity index (χ2v) is 6.00. The van der Waals surface area contributed by atoms with Gasteiger partial charge in [-0.25, -0.2) is 0 Å². The van der Waals surface area contributed by atoms with Crippen molar-refractivity contribution >= 4 is 38.2 Å². The van der Waals surface area contributed by atoms with Gasteiger partial charge in [-0.3, -0.25) is 0 Å². The Kier molecular flexibility index (Phi) is 2.68. The van der Waals surface area contributed by atoms with Gasteiger partial charge in [-0.2, -0.15) is 0 Å². The van der Waals surface area contributed by atoms with Crippen molar-refractivity contribution in [3.63, 3.8) is 0 Å². The van der Waals surface area contributed by atoms with Crippen LogP contribution in [0.5, 0.6) is 0 Å². The molecule has 4 heteroatoms. The molecule has 0 unspecified atom stereocenters. The maximum absolute atomic E-state index is 4.18. The lowest BCUT2D eigenvalue weighted by atomic mass is 10.0. The van der Waals surface area contributed by atoms with Crippen LogP contribution >= 0.6 is 27.5 Å². The predicted molar refractivity (Wildman–Crippen MR) is 75.3 cm³/mol. The number of aromatic nitrogens is 2. The molecule has 0 saturated carbocycles. The van der Waals surface area contributed by atoms with Gasteiger partial charge in [-0.1, -0.05) is 46.4 Å². The number of aryl methyl sites for hydroxylation is 1. The molecule has 2 nitrogen and oxygen atoms in total. The number of fused-ring (bicyclic) bond motifs is 1. The third kappa shape index (κ3) is 1.87. The van der Waals surface area contributed by atoms with Crippen molar-refractivity contribution in [2.45, 2.75) is 6.92 Å². The normalized spacial score (nSPS) is 10.9. The number of halogens is 1. The summed E-state index contributed by atoms with van der Waals surface area (Å²) in [6.07, 6.45) is 0. The highest BCUT2D eigenvalue weighted by atomic mass is 79.9. The van der Waals surface area contributed by atoms with Gasteiger partial charge < -0.3 is 0 Å². The van der Waals surface area contributed by atoms with E-state index in [0.717, 1.165) is 15.0 Å². The fourth-order valence-corrected chi connectivity index (χ4v) is 2.87. The molecule has 1 heterocycles. The number of benzene rings is 2. The molecule has 0 spiro atoms. The minimum atomic E-state index is 0.921. The Labute approximate surface area is 112 Å². The summed E-state index contributed by atoms with van der Waals surface area (Å²) in [5.74, 6) is 0. The summed E-state index contributed by atoms with van der Waals surface area (Å²) >= 11 is 4.86. The zero-order valence-electron chi connectivity index (χ0n) is 9.14. The standard InChI is InChI=1S/C13H9BrN2S/c1-8-5-6-10-9(7-8)3-2-4-11(10)12-13(14)17-16-15-12/h2-7H,1H3. The highest BCUT2D eigenvalue weighted by molar-refractivity contribution is 9.11. The van der Waals surface area contributed by atoms with Gasteiger partial charge in [-0.15, -0.1) is 5.10 Å². The number of nitrogens with zero attached hydrogens (tertiary/aromatic N) is 2. The lowest BCUT2D eigenvalue weighted by Gasteiger charge is -2.05. The largest absolute Gasteiger partial charge is 0.137 e. The predicted octanol–water partition coefficient (Wildman–Crippen LogP) is 4.43. The van der Waals surface area contributed by atoms with Gasteiger partial charge in [0.15, 0.2) is 0 Å². The van der Waals surface area contributed by atoms with Crippen LogP contribution in [0.15, 0.2) is 40.2 Å². The van der Waals surface area contributed by atoms with E-state index in [2.05, 4.69) is 68.8 Å². The average Bonchev–Trinajstić information content (AvgIpc) is 2.74. The first kappa shape index (κ1) is 10.9. The van der Waals surface area contributed by atoms with Crippen molar-refractivity contribution in [2.75, 3.05) is 0 Å². The summed E-state index contributed by atoms with van der Waals surface area (Å²) < 4.78 is 4.94. The first-order valence-electron chi connectivity index (χ1n) is 5.23. The maximum atomic E-state index is 4.18. The zero-order valence-corrected chi connectivity index (χ0v) is 11.5. The highest BCUT2D eigenvalue weighted by Crippen LogP contribution is 2.33. The summed E-state index contributed by atoms with van der Waals surface area (Å²) in [4.78, 5) is 0. The van der Waals surface area contributed by atoms with Gasteiger partial charge >= 0.3 is 0 Å². The Bertz CT molecular complexity index is 691. The molecular formula is C13H9BrN2S. The van der Waals surface area contributed by atoms with E-state index in [-0.39, 0.29) is 0 Å². The molecule has 84 valence electrons. The lowest BCUT2D eigenvalue weighted by molar-refractivity contribution is 1.16. The molecule has 1 aromatic heterocycles. The molecule has 0 amide bonds. The minimum Gasteiger partial charge on any atom is -0.137 e. The summed E-state index contributed by atoms with van der Waals surface area (Å²) in [6, 6.07) is 12.7. The summed E-state index contributed by atoms with van der Waals surface area (Å²) in [6.45, 7) is 2.10. The van der Waals surface area contributed by atoms with Crippen molar-refractivity contribution in [3.05, 3.63) is 45.7 Å². The van der Waals surface area contributed by atoms with Gasteiger partial charge in [0.1, 0.15) is 9.48 Å². The van der Waals surface area contributed by atoms with Gasteiger partial charge in [-0.05, 0) is 45.2 Å². The molecule has 3 aromatic rings. The van der Waals surface area contributed by atoms with Gasteiger partial charge in [0.2, 0.25) is 0 Å². The Hall–Kier alpha value is -1.26. The smallest absolute Gasteiger partial charge is 0.120 e. The molecule has 0 aliphatic rings. The van der Waals surface area contributed by atoms with Crippen LogP contribution in [0.1, 0.15) is 5.56 Å². The minimum absolute atomic E-state index is 0.921. The molecule has 0 N–H and O–H groups in total. The molecular weight excluding hydrogens is 296 g/mol. The number of hydrogen-bond donors (Lipinski definition) is 0. The van der Waals surface area contributed by atoms with E-state index in [1.54, 1.807) is 0 Å². The average molecular weight is 305 g/mol. The van der Waals surface area contributed by atoms with Crippen LogP contribution in [0.25, 0.3) is 22.0 Å². The number of rotatable bonds is 1. The van der Waals surface area contributed by atoms with Crippen molar-refractivity contribution in [1.82, 2.24) is 9.59 Å². The molecule has 0 bridgehead atoms. The Balaban J connectivity index is 2.34. The van der Waals surface area contributed by atoms with E-state index in [1.165, 1.54) is 27.9 Å². The van der Waals surface area contributed by atoms with Gasteiger partial charge in [0, 0.05) is 5.56 Å². The second kappa shape index (κ2) is 4.20. The third-order valence-electron chi connectivity index (χ3n) is 2.74. The molecule has 17 heavy (non-hydrogen) atoms. The maximum Gasteiger partial charge on any atom is 0.120 e. The molecule has 3 rings (SSSR count). The lowest BCUT2D eigenvalue weighted by Crippen LogP contribution is -1.83. The van der Waals surface area contributed by atoms with Crippen LogP contribution in [0, 0.1) is 6.92 Å². The Morgan fingerprint density at radius 1 is 1.18 bits per heavy atom. The van der Waals surface area contributed by atoms with E-state index < -0.39 is 0 Å². The van der Waals surface area contributed by atoms with E-state index in [0.29, 0.717) is 0 Å². The van der Waals surface area contributed by atoms with Crippen molar-refractivity contribution < 1.29 is 0 Å². The van der Waals surface area contributed by atoms with Gasteiger partial charge in [0.05, 0.1) is 0 Å². The molecule has 2 aromatic carbocycles. The Morgan fingerprint density at radius 2 is 2.06 bits per heavy atom. The first-order valence-corrected chi connectivity index (χ1v) is 6.80. The van der Waals surface area contributed by atoms with Crippen LogP contribution in [0.2, 0.25) is 0 Å². The molecule has 0 fully saturated rings. The summed E-state index contributed by atoms with van der Waals surface area (Å²) in [5.41, 5.74) is 3.32. The molecule has 0 aliphatic heterocycles. The summed E-state index contributed by atoms with van der Waals surface area (Å²) in [7, 11) is 0. The van der Waals surface area contributed by atoms with Crippen LogP contribution < -0.4 is 0 Å². The highest BCUT2D eigenvalue weighted by Gasteiger charge is 2.10. The quantitative estimate of drug-likeness (QED) is 0.664. The van der Waals surface area contributed by atoms with Crippen LogP contribution in [-0.2, 0) is 0 Å². The fraction of sp³-hybridized carbons (Fsp3) is 0.0769. The monoisotopic (exact) mass is 304 g/mol. The van der Waals surface area contributed by atoms with E-state index in [4.69, 9.17) is 0 Å². The summed E-state index contributed by atoms with van der Waals surface area (Å²) in [5, 5.41) is 6.63. The van der Waals surface area contributed by atoms with E-state index in [1.807, 2.05) is 0 Å². The van der Waals surface area contributed by atoms with Crippen molar-refractivity contribution in [3.8, 4) is 11.3 Å². The SMILES string of the molecule is Cc1ccc2c(-c3nnsc3Br)cccc2c1. The topological polar surface area (TPSA) is 25.8 Å². The van der Waals surface area contributed by atoms with Crippen molar-refractivity contribution in [1.29, 1.82) is 0 Å². The Morgan fingerprint density at radius 3 is 2.82 bits per heavy atom. The zero-order chi connectivity index (χ0) is 11.8.